The topological polar surface area (TPSA) is 97.8 Å². The lowest BCUT2D eigenvalue weighted by atomic mass is 9.99. The normalized spacial score (nSPS) is 13.0. The van der Waals surface area contributed by atoms with Gasteiger partial charge in [0.2, 0.25) is 0 Å². The first-order valence-electron chi connectivity index (χ1n) is 8.09. The number of carboxylic acids is 1. The summed E-state index contributed by atoms with van der Waals surface area (Å²) >= 11 is 1.34. The molecule has 1 atom stereocenters. The number of amides is 1. The van der Waals surface area contributed by atoms with E-state index in [0.29, 0.717) is 11.6 Å². The van der Waals surface area contributed by atoms with Gasteiger partial charge < -0.3 is 19.9 Å². The number of nitrogens with zero attached hydrogens (tertiary/aromatic N) is 1. The van der Waals surface area contributed by atoms with Gasteiger partial charge in [0.05, 0.1) is 25.2 Å². The SMILES string of the molecule is CCOc1ccc(-c2nc(C(=O)NC(C)(COC)CC(=O)O)cs2)cc1. The lowest BCUT2D eigenvalue weighted by molar-refractivity contribution is -0.139. The number of nitrogens with one attached hydrogen (secondary N) is 1. The molecule has 0 saturated heterocycles. The van der Waals surface area contributed by atoms with E-state index in [0.717, 1.165) is 11.3 Å². The maximum atomic E-state index is 12.5. The summed E-state index contributed by atoms with van der Waals surface area (Å²) in [6.07, 6.45) is -0.248. The quantitative estimate of drug-likeness (QED) is 0.696. The van der Waals surface area contributed by atoms with E-state index < -0.39 is 17.4 Å². The van der Waals surface area contributed by atoms with Gasteiger partial charge in [-0.25, -0.2) is 4.98 Å². The van der Waals surface area contributed by atoms with E-state index >= 15 is 0 Å². The molecule has 0 radical (unpaired) electrons. The molecular weight excluding hydrogens is 356 g/mol. The van der Waals surface area contributed by atoms with E-state index in [9.17, 15) is 9.59 Å². The minimum absolute atomic E-state index is 0.0843. The zero-order valence-corrected chi connectivity index (χ0v) is 15.8. The van der Waals surface area contributed by atoms with Gasteiger partial charge >= 0.3 is 5.97 Å². The molecule has 8 heteroatoms. The van der Waals surface area contributed by atoms with Crippen molar-refractivity contribution in [1.82, 2.24) is 10.3 Å². The van der Waals surface area contributed by atoms with Crippen LogP contribution >= 0.6 is 11.3 Å². The van der Waals surface area contributed by atoms with Crippen molar-refractivity contribution in [3.63, 3.8) is 0 Å². The fourth-order valence-electron chi connectivity index (χ4n) is 2.49. The lowest BCUT2D eigenvalue weighted by Gasteiger charge is -2.28. The highest BCUT2D eigenvalue weighted by atomic mass is 32.1. The van der Waals surface area contributed by atoms with E-state index in [4.69, 9.17) is 14.6 Å². The van der Waals surface area contributed by atoms with Crippen LogP contribution in [-0.2, 0) is 9.53 Å². The summed E-state index contributed by atoms with van der Waals surface area (Å²) in [6, 6.07) is 7.46. The van der Waals surface area contributed by atoms with Crippen LogP contribution in [0.2, 0.25) is 0 Å². The first-order chi connectivity index (χ1) is 12.4. The first kappa shape index (κ1) is 19.9. The molecule has 0 bridgehead atoms. The molecule has 1 amide bonds. The van der Waals surface area contributed by atoms with Crippen molar-refractivity contribution in [2.24, 2.45) is 0 Å². The van der Waals surface area contributed by atoms with Gasteiger partial charge in [0, 0.05) is 18.1 Å². The Morgan fingerprint density at radius 1 is 1.31 bits per heavy atom. The Hall–Kier alpha value is -2.45. The molecule has 0 saturated carbocycles. The van der Waals surface area contributed by atoms with Crippen LogP contribution < -0.4 is 10.1 Å². The summed E-state index contributed by atoms with van der Waals surface area (Å²) in [5.74, 6) is -0.674. The van der Waals surface area contributed by atoms with Crippen LogP contribution in [0.5, 0.6) is 5.75 Å². The van der Waals surface area contributed by atoms with Gasteiger partial charge in [0.25, 0.3) is 5.91 Å². The summed E-state index contributed by atoms with van der Waals surface area (Å²) in [5, 5.41) is 14.1. The molecule has 1 heterocycles. The number of ether oxygens (including phenoxy) is 2. The van der Waals surface area contributed by atoms with E-state index in [1.54, 1.807) is 12.3 Å². The van der Waals surface area contributed by atoms with Gasteiger partial charge in [-0.05, 0) is 38.1 Å². The molecule has 1 aromatic heterocycles. The van der Waals surface area contributed by atoms with Gasteiger partial charge in [0.15, 0.2) is 0 Å². The summed E-state index contributed by atoms with van der Waals surface area (Å²) < 4.78 is 10.5. The number of thiazole rings is 1. The molecule has 26 heavy (non-hydrogen) atoms. The molecule has 7 nitrogen and oxygen atoms in total. The summed E-state index contributed by atoms with van der Waals surface area (Å²) in [4.78, 5) is 27.9. The highest BCUT2D eigenvalue weighted by Gasteiger charge is 2.30. The highest BCUT2D eigenvalue weighted by Crippen LogP contribution is 2.26. The van der Waals surface area contributed by atoms with Crippen molar-refractivity contribution in [3.05, 3.63) is 35.3 Å². The number of carbonyl (C=O) groups is 2. The Morgan fingerprint density at radius 2 is 2.00 bits per heavy atom. The van der Waals surface area contributed by atoms with Gasteiger partial charge in [-0.3, -0.25) is 9.59 Å². The monoisotopic (exact) mass is 378 g/mol. The number of methoxy groups -OCH3 is 1. The maximum Gasteiger partial charge on any atom is 0.305 e. The van der Waals surface area contributed by atoms with Crippen LogP contribution in [0, 0.1) is 0 Å². The van der Waals surface area contributed by atoms with Crippen LogP contribution in [0.15, 0.2) is 29.6 Å². The number of hydrogen-bond donors (Lipinski definition) is 2. The molecule has 2 aromatic rings. The minimum atomic E-state index is -1.02. The molecule has 140 valence electrons. The Balaban J connectivity index is 2.12. The lowest BCUT2D eigenvalue weighted by Crippen LogP contribution is -2.50. The summed E-state index contributed by atoms with van der Waals surface area (Å²) in [5.41, 5.74) is 0.106. The predicted molar refractivity (Wildman–Crippen MR) is 98.7 cm³/mol. The molecule has 0 aliphatic carbocycles. The second-order valence-electron chi connectivity index (χ2n) is 6.01. The molecule has 0 spiro atoms. The Bertz CT molecular complexity index is 759. The number of rotatable bonds is 9. The number of carbonyl (C=O) groups excluding carboxylic acids is 1. The summed E-state index contributed by atoms with van der Waals surface area (Å²) in [7, 11) is 1.46. The molecule has 2 rings (SSSR count). The third-order valence-corrected chi connectivity index (χ3v) is 4.46. The van der Waals surface area contributed by atoms with Crippen molar-refractivity contribution in [2.75, 3.05) is 20.3 Å². The number of benzene rings is 1. The van der Waals surface area contributed by atoms with Crippen LogP contribution in [-0.4, -0.2) is 47.8 Å². The van der Waals surface area contributed by atoms with Crippen molar-refractivity contribution in [2.45, 2.75) is 25.8 Å². The maximum absolute atomic E-state index is 12.5. The second kappa shape index (κ2) is 8.77. The molecule has 1 unspecified atom stereocenters. The van der Waals surface area contributed by atoms with Gasteiger partial charge in [0.1, 0.15) is 16.5 Å². The third-order valence-electron chi connectivity index (χ3n) is 3.57. The fraction of sp³-hybridized carbons (Fsp3) is 0.389. The molecule has 1 aromatic carbocycles. The summed E-state index contributed by atoms with van der Waals surface area (Å²) in [6.45, 7) is 4.22. The largest absolute Gasteiger partial charge is 0.494 e. The van der Waals surface area contributed by atoms with Crippen molar-refractivity contribution < 1.29 is 24.2 Å². The van der Waals surface area contributed by atoms with Crippen molar-refractivity contribution in [3.8, 4) is 16.3 Å². The molecule has 2 N–H and O–H groups in total. The highest BCUT2D eigenvalue weighted by molar-refractivity contribution is 7.13. The smallest absolute Gasteiger partial charge is 0.305 e. The fourth-order valence-corrected chi connectivity index (χ4v) is 3.30. The zero-order valence-electron chi connectivity index (χ0n) is 14.9. The van der Waals surface area contributed by atoms with Crippen molar-refractivity contribution in [1.29, 1.82) is 0 Å². The standard InChI is InChI=1S/C18H22N2O5S/c1-4-25-13-7-5-12(6-8-13)17-19-14(10-26-17)16(23)20-18(2,11-24-3)9-15(21)22/h5-8,10H,4,9,11H2,1-3H3,(H,20,23)(H,21,22). The van der Waals surface area contributed by atoms with E-state index in [-0.39, 0.29) is 18.7 Å². The van der Waals surface area contributed by atoms with Crippen LogP contribution in [0.4, 0.5) is 0 Å². The van der Waals surface area contributed by atoms with Crippen molar-refractivity contribution >= 4 is 23.2 Å². The number of aliphatic carboxylic acids is 1. The second-order valence-corrected chi connectivity index (χ2v) is 6.87. The molecule has 0 aliphatic rings. The zero-order chi connectivity index (χ0) is 19.2. The predicted octanol–water partition coefficient (Wildman–Crippen LogP) is 2.82. The van der Waals surface area contributed by atoms with Crippen LogP contribution in [0.25, 0.3) is 10.6 Å². The first-order valence-corrected chi connectivity index (χ1v) is 8.97. The Kier molecular flexibility index (Phi) is 6.70. The average Bonchev–Trinajstić information content (AvgIpc) is 3.05. The Morgan fingerprint density at radius 3 is 2.58 bits per heavy atom. The minimum Gasteiger partial charge on any atom is -0.494 e. The molecule has 0 fully saturated rings. The molecular formula is C18H22N2O5S. The van der Waals surface area contributed by atoms with E-state index in [1.807, 2.05) is 31.2 Å². The number of aromatic nitrogens is 1. The molecule has 0 aliphatic heterocycles. The number of carboxylic acid groups (broad SMARTS) is 1. The number of hydrogen-bond acceptors (Lipinski definition) is 6. The van der Waals surface area contributed by atoms with E-state index in [1.165, 1.54) is 18.4 Å². The Labute approximate surface area is 156 Å². The van der Waals surface area contributed by atoms with Gasteiger partial charge in [-0.15, -0.1) is 11.3 Å². The van der Waals surface area contributed by atoms with Gasteiger partial charge in [-0.2, -0.15) is 0 Å². The van der Waals surface area contributed by atoms with E-state index in [2.05, 4.69) is 10.3 Å². The third kappa shape index (κ3) is 5.27. The average molecular weight is 378 g/mol. The van der Waals surface area contributed by atoms with Gasteiger partial charge in [-0.1, -0.05) is 0 Å². The van der Waals surface area contributed by atoms with Crippen LogP contribution in [0.1, 0.15) is 30.8 Å². The van der Waals surface area contributed by atoms with Crippen LogP contribution in [0.3, 0.4) is 0 Å².